The van der Waals surface area contributed by atoms with Crippen LogP contribution in [-0.2, 0) is 15.4 Å². The molecule has 4 fully saturated rings. The van der Waals surface area contributed by atoms with E-state index in [0.717, 1.165) is 40.4 Å². The number of benzene rings is 3. The molecule has 4 aliphatic rings. The van der Waals surface area contributed by atoms with Gasteiger partial charge in [-0.25, -0.2) is 0 Å². The Morgan fingerprint density at radius 3 is 1.69 bits per heavy atom. The van der Waals surface area contributed by atoms with Gasteiger partial charge in [-0.1, -0.05) is 61.9 Å². The van der Waals surface area contributed by atoms with Gasteiger partial charge in [0.2, 0.25) is 0 Å². The van der Waals surface area contributed by atoms with Gasteiger partial charge in [0.05, 0.1) is 5.41 Å². The molecular formula is C33H38O2S. The van der Waals surface area contributed by atoms with Crippen LogP contribution in [0.5, 0.6) is 0 Å². The molecule has 0 unspecified atom stereocenters. The second kappa shape index (κ2) is 9.74. The molecule has 0 atom stereocenters. The van der Waals surface area contributed by atoms with Gasteiger partial charge in [-0.3, -0.25) is 4.79 Å². The molecule has 0 aromatic heterocycles. The lowest BCUT2D eigenvalue weighted by Crippen LogP contribution is -2.50. The Morgan fingerprint density at radius 1 is 0.750 bits per heavy atom. The third kappa shape index (κ3) is 4.20. The molecule has 3 aromatic rings. The van der Waals surface area contributed by atoms with Gasteiger partial charge in [0.1, 0.15) is 0 Å². The molecule has 2 nitrogen and oxygen atoms in total. The summed E-state index contributed by atoms with van der Waals surface area (Å²) in [5.74, 6) is 2.18. The fourth-order valence-corrected chi connectivity index (χ4v) is 10.7. The molecule has 0 spiro atoms. The summed E-state index contributed by atoms with van der Waals surface area (Å²) in [6.45, 7) is 2.23. The zero-order chi connectivity index (χ0) is 24.6. The summed E-state index contributed by atoms with van der Waals surface area (Å²) in [5.41, 5.74) is 1.06. The van der Waals surface area contributed by atoms with Crippen molar-refractivity contribution in [3.63, 3.8) is 0 Å². The van der Waals surface area contributed by atoms with Gasteiger partial charge in [0, 0.05) is 14.7 Å². The van der Waals surface area contributed by atoms with Crippen molar-refractivity contribution in [2.75, 3.05) is 0 Å². The molecule has 0 amide bonds. The minimum absolute atomic E-state index is 0.0550. The van der Waals surface area contributed by atoms with Crippen molar-refractivity contribution in [1.82, 2.24) is 0 Å². The Bertz CT molecular complexity index is 1110. The second-order valence-corrected chi connectivity index (χ2v) is 14.2. The SMILES string of the molecule is CCCCc1ccc(S(OC(=O)C23CC4CC(CC(C4)C2)C3)(c2ccccc2)c2ccccc2)cc1. The van der Waals surface area contributed by atoms with E-state index in [1.165, 1.54) is 37.7 Å². The predicted octanol–water partition coefficient (Wildman–Crippen LogP) is 8.99. The summed E-state index contributed by atoms with van der Waals surface area (Å²) in [4.78, 5) is 17.7. The van der Waals surface area contributed by atoms with E-state index in [9.17, 15) is 4.79 Å². The first-order chi connectivity index (χ1) is 17.6. The number of hydrogen-bond donors (Lipinski definition) is 0. The molecule has 4 saturated carbocycles. The minimum Gasteiger partial charge on any atom is -0.402 e. The summed E-state index contributed by atoms with van der Waals surface area (Å²) in [5, 5.41) is 0. The van der Waals surface area contributed by atoms with Gasteiger partial charge < -0.3 is 4.18 Å². The smallest absolute Gasteiger partial charge is 0.323 e. The summed E-state index contributed by atoms with van der Waals surface area (Å²) >= 11 is 0. The largest absolute Gasteiger partial charge is 0.402 e. The van der Waals surface area contributed by atoms with E-state index < -0.39 is 10.3 Å². The molecule has 188 valence electrons. The Hall–Kier alpha value is -2.52. The lowest BCUT2D eigenvalue weighted by Gasteiger charge is -2.56. The number of rotatable bonds is 8. The predicted molar refractivity (Wildman–Crippen MR) is 147 cm³/mol. The van der Waals surface area contributed by atoms with Crippen molar-refractivity contribution in [3.8, 4) is 0 Å². The van der Waals surface area contributed by atoms with Gasteiger partial charge in [-0.05, 0) is 121 Å². The first-order valence-corrected chi connectivity index (χ1v) is 15.4. The Kier molecular flexibility index (Phi) is 6.46. The van der Waals surface area contributed by atoms with Crippen LogP contribution in [0.15, 0.2) is 99.6 Å². The molecule has 3 heteroatoms. The molecule has 0 aliphatic heterocycles. The maximum absolute atomic E-state index is 14.4. The lowest BCUT2D eigenvalue weighted by atomic mass is 9.49. The molecule has 4 bridgehead atoms. The molecule has 36 heavy (non-hydrogen) atoms. The molecule has 7 rings (SSSR count). The average Bonchev–Trinajstić information content (AvgIpc) is 2.91. The van der Waals surface area contributed by atoms with Crippen LogP contribution in [0.3, 0.4) is 0 Å². The van der Waals surface area contributed by atoms with E-state index in [2.05, 4.69) is 79.7 Å². The van der Waals surface area contributed by atoms with E-state index >= 15 is 0 Å². The van der Waals surface area contributed by atoms with Gasteiger partial charge in [0.25, 0.3) is 0 Å². The zero-order valence-electron chi connectivity index (χ0n) is 21.4. The number of hydrogen-bond acceptors (Lipinski definition) is 2. The monoisotopic (exact) mass is 498 g/mol. The average molecular weight is 499 g/mol. The highest BCUT2D eigenvalue weighted by atomic mass is 32.3. The summed E-state index contributed by atoms with van der Waals surface area (Å²) in [6, 6.07) is 30.0. The Balaban J connectivity index is 1.46. The normalized spacial score (nSPS) is 27.1. The van der Waals surface area contributed by atoms with Crippen LogP contribution in [0, 0.1) is 23.2 Å². The van der Waals surface area contributed by atoms with Crippen molar-refractivity contribution in [2.24, 2.45) is 23.2 Å². The third-order valence-corrected chi connectivity index (χ3v) is 12.1. The first-order valence-electron chi connectivity index (χ1n) is 13.9. The fraction of sp³-hybridized carbons (Fsp3) is 0.424. The molecule has 3 aromatic carbocycles. The highest BCUT2D eigenvalue weighted by Crippen LogP contribution is 2.71. The quantitative estimate of drug-likeness (QED) is 0.310. The maximum atomic E-state index is 14.4. The Morgan fingerprint density at radius 2 is 1.22 bits per heavy atom. The van der Waals surface area contributed by atoms with E-state index in [-0.39, 0.29) is 11.4 Å². The van der Waals surface area contributed by atoms with E-state index in [1.807, 2.05) is 12.1 Å². The Labute approximate surface area is 218 Å². The van der Waals surface area contributed by atoms with Crippen molar-refractivity contribution in [1.29, 1.82) is 0 Å². The first kappa shape index (κ1) is 23.9. The molecular weight excluding hydrogens is 460 g/mol. The second-order valence-electron chi connectivity index (χ2n) is 11.5. The van der Waals surface area contributed by atoms with Crippen LogP contribution >= 0.6 is 10.3 Å². The van der Waals surface area contributed by atoms with Crippen LogP contribution in [0.4, 0.5) is 0 Å². The fourth-order valence-electron chi connectivity index (χ4n) is 7.57. The van der Waals surface area contributed by atoms with Crippen LogP contribution in [0.1, 0.15) is 63.9 Å². The summed E-state index contributed by atoms with van der Waals surface area (Å²) in [7, 11) is -2.21. The van der Waals surface area contributed by atoms with E-state index in [1.54, 1.807) is 0 Å². The van der Waals surface area contributed by atoms with Crippen LogP contribution in [-0.4, -0.2) is 5.97 Å². The zero-order valence-corrected chi connectivity index (χ0v) is 22.2. The van der Waals surface area contributed by atoms with Gasteiger partial charge in [-0.2, -0.15) is 0 Å². The van der Waals surface area contributed by atoms with Gasteiger partial charge >= 0.3 is 5.97 Å². The third-order valence-electron chi connectivity index (χ3n) is 8.90. The molecule has 0 radical (unpaired) electrons. The van der Waals surface area contributed by atoms with Crippen molar-refractivity contribution in [3.05, 3.63) is 90.5 Å². The highest BCUT2D eigenvalue weighted by Gasteiger charge is 2.57. The lowest BCUT2D eigenvalue weighted by molar-refractivity contribution is -0.160. The standard InChI is InChI=1S/C33H38O2S/c1-2-3-10-25-15-17-31(18-16-25)36(29-11-6-4-7-12-29,30-13-8-5-9-14-30)35-32(34)33-22-26-19-27(23-33)21-28(20-26)24-33/h4-9,11-18,26-28H,2-3,10,19-24H2,1H3. The van der Waals surface area contributed by atoms with E-state index in [4.69, 9.17) is 4.18 Å². The van der Waals surface area contributed by atoms with Gasteiger partial charge in [0.15, 0.2) is 0 Å². The van der Waals surface area contributed by atoms with E-state index in [0.29, 0.717) is 17.8 Å². The molecule has 0 heterocycles. The topological polar surface area (TPSA) is 26.3 Å². The summed E-state index contributed by atoms with van der Waals surface area (Å²) in [6.07, 6.45) is 10.5. The molecule has 4 aliphatic carbocycles. The number of carbonyl (C=O) groups is 1. The van der Waals surface area contributed by atoms with Crippen LogP contribution < -0.4 is 0 Å². The minimum atomic E-state index is -2.21. The van der Waals surface area contributed by atoms with Crippen LogP contribution in [0.2, 0.25) is 0 Å². The van der Waals surface area contributed by atoms with Crippen LogP contribution in [0.25, 0.3) is 0 Å². The maximum Gasteiger partial charge on any atom is 0.323 e. The number of unbranched alkanes of at least 4 members (excludes halogenated alkanes) is 1. The molecule has 0 N–H and O–H groups in total. The van der Waals surface area contributed by atoms with Crippen molar-refractivity contribution < 1.29 is 8.98 Å². The number of aryl methyl sites for hydroxylation is 1. The van der Waals surface area contributed by atoms with Gasteiger partial charge in [-0.15, -0.1) is 0 Å². The highest BCUT2D eigenvalue weighted by molar-refractivity contribution is 8.30. The molecule has 0 saturated heterocycles. The number of carbonyl (C=O) groups excluding carboxylic acids is 1. The van der Waals surface area contributed by atoms with Crippen molar-refractivity contribution >= 4 is 16.3 Å². The summed E-state index contributed by atoms with van der Waals surface area (Å²) < 4.78 is 7.05. The van der Waals surface area contributed by atoms with Crippen molar-refractivity contribution in [2.45, 2.75) is 79.4 Å².